The van der Waals surface area contributed by atoms with E-state index >= 15 is 0 Å². The zero-order chi connectivity index (χ0) is 16.9. The van der Waals surface area contributed by atoms with E-state index in [0.29, 0.717) is 17.1 Å². The first-order chi connectivity index (χ1) is 10.2. The molecule has 1 aromatic rings. The van der Waals surface area contributed by atoms with E-state index in [1.54, 1.807) is 25.2 Å². The van der Waals surface area contributed by atoms with Gasteiger partial charge in [0.15, 0.2) is 11.5 Å². The van der Waals surface area contributed by atoms with Gasteiger partial charge in [-0.1, -0.05) is 6.07 Å². The fourth-order valence-electron chi connectivity index (χ4n) is 2.01. The Morgan fingerprint density at radius 1 is 1.18 bits per heavy atom. The van der Waals surface area contributed by atoms with E-state index in [1.165, 1.54) is 19.1 Å². The second-order valence-electron chi connectivity index (χ2n) is 6.00. The maximum Gasteiger partial charge on any atom is 0.257 e. The van der Waals surface area contributed by atoms with Gasteiger partial charge < -0.3 is 19.7 Å². The van der Waals surface area contributed by atoms with Crippen LogP contribution >= 0.6 is 0 Å². The Kier molecular flexibility index (Phi) is 5.79. The zero-order valence-electron chi connectivity index (χ0n) is 14.0. The summed E-state index contributed by atoms with van der Waals surface area (Å²) in [6.07, 6.45) is 0. The predicted octanol–water partition coefficient (Wildman–Crippen LogP) is 1.69. The molecule has 0 atom stereocenters. The summed E-state index contributed by atoms with van der Waals surface area (Å²) in [5.74, 6) is 0.309. The van der Waals surface area contributed by atoms with Crippen LogP contribution in [0, 0.1) is 0 Å². The Bertz CT molecular complexity index is 550. The molecule has 0 saturated heterocycles. The van der Waals surface area contributed by atoms with Crippen LogP contribution in [0.25, 0.3) is 0 Å². The number of nitrogens with one attached hydrogen (secondary N) is 1. The number of hydrogen-bond acceptors (Lipinski definition) is 4. The van der Waals surface area contributed by atoms with Crippen LogP contribution in [0.15, 0.2) is 18.2 Å². The highest BCUT2D eigenvalue weighted by Gasteiger charge is 2.22. The summed E-state index contributed by atoms with van der Waals surface area (Å²) < 4.78 is 10.4. The van der Waals surface area contributed by atoms with Crippen molar-refractivity contribution >= 4 is 11.8 Å². The summed E-state index contributed by atoms with van der Waals surface area (Å²) in [4.78, 5) is 25.8. The number of rotatable bonds is 5. The summed E-state index contributed by atoms with van der Waals surface area (Å²) in [6.45, 7) is 5.63. The molecule has 2 amide bonds. The first-order valence-corrected chi connectivity index (χ1v) is 6.97. The van der Waals surface area contributed by atoms with E-state index < -0.39 is 0 Å². The summed E-state index contributed by atoms with van der Waals surface area (Å²) >= 11 is 0. The van der Waals surface area contributed by atoms with E-state index in [4.69, 9.17) is 9.47 Å². The maximum atomic E-state index is 12.5. The van der Waals surface area contributed by atoms with Crippen LogP contribution in [0.5, 0.6) is 11.5 Å². The van der Waals surface area contributed by atoms with Crippen LogP contribution in [0.2, 0.25) is 0 Å². The highest BCUT2D eigenvalue weighted by molar-refractivity contribution is 5.99. The fraction of sp³-hybridized carbons (Fsp3) is 0.500. The molecule has 1 N–H and O–H groups in total. The highest BCUT2D eigenvalue weighted by Crippen LogP contribution is 2.31. The molecule has 1 rings (SSSR count). The van der Waals surface area contributed by atoms with Crippen LogP contribution in [0.4, 0.5) is 0 Å². The number of nitrogens with zero attached hydrogens (tertiary/aromatic N) is 1. The van der Waals surface area contributed by atoms with Gasteiger partial charge in [-0.3, -0.25) is 9.59 Å². The van der Waals surface area contributed by atoms with E-state index in [-0.39, 0.29) is 23.9 Å². The van der Waals surface area contributed by atoms with E-state index in [9.17, 15) is 9.59 Å². The fourth-order valence-corrected chi connectivity index (χ4v) is 2.01. The monoisotopic (exact) mass is 308 g/mol. The molecule has 0 aromatic heterocycles. The normalized spacial score (nSPS) is 10.8. The van der Waals surface area contributed by atoms with E-state index in [0.717, 1.165) is 0 Å². The number of ether oxygens (including phenoxy) is 2. The van der Waals surface area contributed by atoms with Crippen molar-refractivity contribution in [3.8, 4) is 11.5 Å². The molecule has 0 saturated carbocycles. The largest absolute Gasteiger partial charge is 0.493 e. The first kappa shape index (κ1) is 17.8. The van der Waals surface area contributed by atoms with Crippen LogP contribution in [-0.4, -0.2) is 50.1 Å². The molecule has 6 nitrogen and oxygen atoms in total. The molecular weight excluding hydrogens is 284 g/mol. The average Bonchev–Trinajstić information content (AvgIpc) is 2.43. The lowest BCUT2D eigenvalue weighted by atomic mass is 10.1. The summed E-state index contributed by atoms with van der Waals surface area (Å²) in [5.41, 5.74) is 0.0159. The van der Waals surface area contributed by atoms with Gasteiger partial charge in [0.2, 0.25) is 5.91 Å². The minimum Gasteiger partial charge on any atom is -0.493 e. The smallest absolute Gasteiger partial charge is 0.257 e. The van der Waals surface area contributed by atoms with Gasteiger partial charge in [0.25, 0.3) is 5.91 Å². The van der Waals surface area contributed by atoms with Crippen LogP contribution < -0.4 is 14.8 Å². The molecule has 6 heteroatoms. The topological polar surface area (TPSA) is 67.9 Å². The standard InChI is InChI=1S/C16H24N2O4/c1-16(2,3)17-13(19)10-18(4)15(20)11-8-7-9-12(21-5)14(11)22-6/h7-9H,10H2,1-6H3,(H,17,19). The van der Waals surface area contributed by atoms with Crippen molar-refractivity contribution in [1.82, 2.24) is 10.2 Å². The molecule has 0 fully saturated rings. The van der Waals surface area contributed by atoms with Crippen molar-refractivity contribution < 1.29 is 19.1 Å². The summed E-state index contributed by atoms with van der Waals surface area (Å²) in [7, 11) is 4.55. The molecule has 0 heterocycles. The molecule has 0 aliphatic rings. The van der Waals surface area contributed by atoms with Crippen molar-refractivity contribution in [2.24, 2.45) is 0 Å². The first-order valence-electron chi connectivity index (χ1n) is 6.97. The lowest BCUT2D eigenvalue weighted by molar-refractivity contribution is -0.122. The number of carbonyl (C=O) groups is 2. The number of amides is 2. The third kappa shape index (κ3) is 4.65. The van der Waals surface area contributed by atoms with Crippen LogP contribution in [-0.2, 0) is 4.79 Å². The van der Waals surface area contributed by atoms with Gasteiger partial charge in [0.1, 0.15) is 0 Å². The van der Waals surface area contributed by atoms with Gasteiger partial charge in [-0.2, -0.15) is 0 Å². The minimum absolute atomic E-state index is 0.0313. The third-order valence-corrected chi connectivity index (χ3v) is 2.88. The molecule has 1 aromatic carbocycles. The van der Waals surface area contributed by atoms with Crippen molar-refractivity contribution in [2.45, 2.75) is 26.3 Å². The second kappa shape index (κ2) is 7.15. The van der Waals surface area contributed by atoms with Crippen molar-refractivity contribution in [3.63, 3.8) is 0 Å². The molecule has 0 aliphatic heterocycles. The Hall–Kier alpha value is -2.24. The number of methoxy groups -OCH3 is 2. The van der Waals surface area contributed by atoms with Crippen molar-refractivity contribution in [1.29, 1.82) is 0 Å². The van der Waals surface area contributed by atoms with E-state index in [2.05, 4.69) is 5.32 Å². The van der Waals surface area contributed by atoms with Gasteiger partial charge in [0, 0.05) is 12.6 Å². The minimum atomic E-state index is -0.339. The molecule has 122 valence electrons. The number of likely N-dealkylation sites (N-methyl/N-ethyl adjacent to an activating group) is 1. The number of benzene rings is 1. The molecule has 0 spiro atoms. The highest BCUT2D eigenvalue weighted by atomic mass is 16.5. The molecule has 0 aliphatic carbocycles. The number of carbonyl (C=O) groups excluding carboxylic acids is 2. The SMILES string of the molecule is COc1cccc(C(=O)N(C)CC(=O)NC(C)(C)C)c1OC. The van der Waals surface area contributed by atoms with Crippen LogP contribution in [0.3, 0.4) is 0 Å². The molecule has 0 bridgehead atoms. The molecule has 22 heavy (non-hydrogen) atoms. The molecular formula is C16H24N2O4. The lowest BCUT2D eigenvalue weighted by Crippen LogP contribution is -2.46. The summed E-state index contributed by atoms with van der Waals surface area (Å²) in [5, 5.41) is 2.82. The van der Waals surface area contributed by atoms with Gasteiger partial charge in [0.05, 0.1) is 26.3 Å². The predicted molar refractivity (Wildman–Crippen MR) is 84.4 cm³/mol. The second-order valence-corrected chi connectivity index (χ2v) is 6.00. The van der Waals surface area contributed by atoms with Crippen molar-refractivity contribution in [3.05, 3.63) is 23.8 Å². The van der Waals surface area contributed by atoms with Gasteiger partial charge in [-0.05, 0) is 32.9 Å². The third-order valence-electron chi connectivity index (χ3n) is 2.88. The molecule has 0 radical (unpaired) electrons. The van der Waals surface area contributed by atoms with E-state index in [1.807, 2.05) is 20.8 Å². The van der Waals surface area contributed by atoms with Gasteiger partial charge in [-0.15, -0.1) is 0 Å². The quantitative estimate of drug-likeness (QED) is 0.899. The summed E-state index contributed by atoms with van der Waals surface area (Å²) in [6, 6.07) is 5.06. The Morgan fingerprint density at radius 2 is 1.82 bits per heavy atom. The Morgan fingerprint density at radius 3 is 2.32 bits per heavy atom. The maximum absolute atomic E-state index is 12.5. The van der Waals surface area contributed by atoms with Crippen molar-refractivity contribution in [2.75, 3.05) is 27.8 Å². The number of hydrogen-bond donors (Lipinski definition) is 1. The molecule has 0 unspecified atom stereocenters. The van der Waals surface area contributed by atoms with Gasteiger partial charge in [-0.25, -0.2) is 0 Å². The zero-order valence-corrected chi connectivity index (χ0v) is 14.0. The number of para-hydroxylation sites is 1. The van der Waals surface area contributed by atoms with Gasteiger partial charge >= 0.3 is 0 Å². The Balaban J connectivity index is 2.90. The Labute approximate surface area is 131 Å². The average molecular weight is 308 g/mol. The lowest BCUT2D eigenvalue weighted by Gasteiger charge is -2.24. The van der Waals surface area contributed by atoms with Crippen LogP contribution in [0.1, 0.15) is 31.1 Å².